The van der Waals surface area contributed by atoms with E-state index < -0.39 is 66.3 Å². The first-order valence-corrected chi connectivity index (χ1v) is 14.1. The van der Waals surface area contributed by atoms with Gasteiger partial charge in [-0.2, -0.15) is 23.4 Å². The van der Waals surface area contributed by atoms with E-state index >= 15 is 0 Å². The minimum Gasteiger partial charge on any atom is -0.394 e. The highest BCUT2D eigenvalue weighted by molar-refractivity contribution is 9.10. The zero-order valence-corrected chi connectivity index (χ0v) is 24.0. The Balaban J connectivity index is 1.43. The molecule has 1 aromatic carbocycles. The number of halogens is 6. The van der Waals surface area contributed by atoms with Crippen molar-refractivity contribution in [1.29, 1.82) is 0 Å². The molecule has 6 rings (SSSR count). The number of alkyl halides is 3. The molecule has 1 saturated heterocycles. The van der Waals surface area contributed by atoms with E-state index in [4.69, 9.17) is 4.74 Å². The van der Waals surface area contributed by atoms with Gasteiger partial charge in [0.2, 0.25) is 0 Å². The highest BCUT2D eigenvalue weighted by atomic mass is 79.9. The molecular weight excluding hydrogens is 669 g/mol. The smallest absolute Gasteiger partial charge is 0.394 e. The molecule has 0 bridgehead atoms. The number of rotatable bonds is 5. The molecule has 5 atom stereocenters. The highest BCUT2D eigenvalue weighted by Gasteiger charge is 2.49. The van der Waals surface area contributed by atoms with E-state index in [9.17, 15) is 37.3 Å². The molecule has 1 aliphatic heterocycles. The first-order chi connectivity index (χ1) is 20.4. The van der Waals surface area contributed by atoms with Crippen molar-refractivity contribution in [2.24, 2.45) is 0 Å². The summed E-state index contributed by atoms with van der Waals surface area (Å²) in [6.07, 6.45) is -7.69. The Morgan fingerprint density at radius 1 is 1.09 bits per heavy atom. The number of ether oxygens (including phenoxy) is 1. The third-order valence-corrected chi connectivity index (χ3v) is 8.15. The maximum atomic E-state index is 14.9. The van der Waals surface area contributed by atoms with Crippen LogP contribution in [0.1, 0.15) is 29.5 Å². The van der Waals surface area contributed by atoms with Gasteiger partial charge < -0.3 is 20.1 Å². The van der Waals surface area contributed by atoms with Crippen LogP contribution in [-0.4, -0.2) is 74.8 Å². The number of thiazole rings is 1. The van der Waals surface area contributed by atoms with Crippen LogP contribution in [0.15, 0.2) is 40.7 Å². The molecule has 0 unspecified atom stereocenters. The summed E-state index contributed by atoms with van der Waals surface area (Å²) >= 11 is 4.21. The van der Waals surface area contributed by atoms with Gasteiger partial charge in [-0.25, -0.2) is 28.4 Å². The number of hydrogen-bond acceptors (Lipinski definition) is 10. The Bertz CT molecular complexity index is 1830. The lowest BCUT2D eigenvalue weighted by Gasteiger charge is -2.41. The summed E-state index contributed by atoms with van der Waals surface area (Å²) < 4.78 is 79.5. The number of aliphatic hydroxyl groups excluding tert-OH is 3. The fourth-order valence-electron chi connectivity index (χ4n) is 5.02. The van der Waals surface area contributed by atoms with Crippen LogP contribution in [0.25, 0.3) is 27.0 Å². The molecule has 5 aromatic rings. The largest absolute Gasteiger partial charge is 0.435 e. The Morgan fingerprint density at radius 3 is 2.58 bits per heavy atom. The zero-order chi connectivity index (χ0) is 30.8. The number of hydrogen-bond donors (Lipinski definition) is 3. The van der Waals surface area contributed by atoms with E-state index in [-0.39, 0.29) is 32.8 Å². The molecule has 11 nitrogen and oxygen atoms in total. The monoisotopic (exact) mass is 687 g/mol. The second-order valence-corrected chi connectivity index (χ2v) is 11.5. The number of aliphatic hydroxyl groups is 3. The number of aryl methyl sites for hydroxylation is 1. The summed E-state index contributed by atoms with van der Waals surface area (Å²) in [6.45, 7) is 0.660. The molecule has 0 saturated carbocycles. The molecule has 5 heterocycles. The maximum absolute atomic E-state index is 14.9. The Morgan fingerprint density at radius 2 is 1.86 bits per heavy atom. The predicted molar refractivity (Wildman–Crippen MR) is 143 cm³/mol. The first kappa shape index (κ1) is 29.6. The van der Waals surface area contributed by atoms with E-state index in [1.165, 1.54) is 30.9 Å². The van der Waals surface area contributed by atoms with Gasteiger partial charge in [-0.05, 0) is 35.0 Å². The average Bonchev–Trinajstić information content (AvgIpc) is 3.70. The fourth-order valence-corrected chi connectivity index (χ4v) is 6.05. The number of benzene rings is 1. The summed E-state index contributed by atoms with van der Waals surface area (Å²) in [7, 11) is 0. The van der Waals surface area contributed by atoms with Crippen LogP contribution in [0.4, 0.5) is 22.0 Å². The summed E-state index contributed by atoms with van der Waals surface area (Å²) in [5.74, 6) is -2.58. The molecule has 3 N–H and O–H groups in total. The summed E-state index contributed by atoms with van der Waals surface area (Å²) in [4.78, 5) is 11.5. The van der Waals surface area contributed by atoms with E-state index in [1.807, 2.05) is 0 Å². The summed E-state index contributed by atoms with van der Waals surface area (Å²) in [5.41, 5.74) is -0.615. The van der Waals surface area contributed by atoms with Gasteiger partial charge in [0.15, 0.2) is 23.2 Å². The molecule has 226 valence electrons. The van der Waals surface area contributed by atoms with Gasteiger partial charge in [0.1, 0.15) is 41.8 Å². The predicted octanol–water partition coefficient (Wildman–Crippen LogP) is 3.90. The molecule has 0 spiro atoms. The quantitative estimate of drug-likeness (QED) is 0.234. The van der Waals surface area contributed by atoms with Crippen LogP contribution >= 0.6 is 27.3 Å². The van der Waals surface area contributed by atoms with Crippen molar-refractivity contribution in [1.82, 2.24) is 34.5 Å². The van der Waals surface area contributed by atoms with Crippen molar-refractivity contribution in [2.75, 3.05) is 6.61 Å². The molecule has 18 heteroatoms. The lowest BCUT2D eigenvalue weighted by atomic mass is 9.92. The average molecular weight is 688 g/mol. The second kappa shape index (κ2) is 10.9. The lowest BCUT2D eigenvalue weighted by molar-refractivity contribution is -0.210. The minimum absolute atomic E-state index is 0.0273. The molecule has 0 aliphatic carbocycles. The Labute approximate surface area is 250 Å². The third-order valence-electron chi connectivity index (χ3n) is 6.94. The summed E-state index contributed by atoms with van der Waals surface area (Å²) in [5, 5.41) is 40.7. The first-order valence-electron chi connectivity index (χ1n) is 12.4. The van der Waals surface area contributed by atoms with Gasteiger partial charge in [0, 0.05) is 28.0 Å². The second-order valence-electron chi connectivity index (χ2n) is 9.66. The van der Waals surface area contributed by atoms with Gasteiger partial charge in [-0.3, -0.25) is 4.68 Å². The van der Waals surface area contributed by atoms with Crippen LogP contribution in [0, 0.1) is 18.6 Å². The van der Waals surface area contributed by atoms with E-state index in [1.54, 1.807) is 0 Å². The molecule has 0 amide bonds. The number of fused-ring (bicyclic) bond motifs is 1. The van der Waals surface area contributed by atoms with Crippen molar-refractivity contribution in [3.8, 4) is 16.8 Å². The van der Waals surface area contributed by atoms with Crippen molar-refractivity contribution in [2.45, 2.75) is 43.6 Å². The van der Waals surface area contributed by atoms with Gasteiger partial charge in [0.05, 0.1) is 28.7 Å². The summed E-state index contributed by atoms with van der Waals surface area (Å²) in [6, 6.07) is 1.13. The van der Waals surface area contributed by atoms with Crippen molar-refractivity contribution in [3.05, 3.63) is 69.7 Å². The van der Waals surface area contributed by atoms with Crippen molar-refractivity contribution in [3.63, 3.8) is 0 Å². The molecule has 1 aliphatic rings. The molecule has 43 heavy (non-hydrogen) atoms. The van der Waals surface area contributed by atoms with Crippen LogP contribution in [-0.2, 0) is 10.9 Å². The van der Waals surface area contributed by atoms with E-state index in [0.29, 0.717) is 4.70 Å². The van der Waals surface area contributed by atoms with Crippen LogP contribution in [0.3, 0.4) is 0 Å². The van der Waals surface area contributed by atoms with Gasteiger partial charge in [0.25, 0.3) is 0 Å². The van der Waals surface area contributed by atoms with Gasteiger partial charge in [-0.15, -0.1) is 11.3 Å². The number of pyridine rings is 1. The highest BCUT2D eigenvalue weighted by Crippen LogP contribution is 2.41. The molecule has 0 radical (unpaired) electrons. The topological polar surface area (TPSA) is 144 Å². The number of aromatic nitrogens is 7. The normalized spacial score (nSPS) is 22.9. The molecule has 1 fully saturated rings. The Kier molecular flexibility index (Phi) is 7.54. The Hall–Kier alpha value is -3.42. The van der Waals surface area contributed by atoms with Crippen LogP contribution < -0.4 is 0 Å². The zero-order valence-electron chi connectivity index (χ0n) is 21.6. The van der Waals surface area contributed by atoms with Crippen LogP contribution in [0.2, 0.25) is 0 Å². The van der Waals surface area contributed by atoms with E-state index in [2.05, 4.69) is 41.1 Å². The SMILES string of the molecule is Cc1nc([C@@H]2O[C@H](CO)[C@H](O)[C@H](n3cc(-c4cc5scnc5c(F)c4F)cn3)[C@H]2O)n(-c2cc(Br)cnc2C(F)(F)F)n1. The standard InChI is InChI=1S/C25H19BrF5N7O4S/c1-9-35-24(38(36-9)13-2-11(26)5-32-23(13)25(29,30)31)22-21(41)19(20(40)14(7-39)42-22)37-6-10(4-34-37)12-3-15-18(33-8-43-15)17(28)16(12)27/h2-6,8,14,19-22,39-41H,7H2,1H3/t14-,19+,20+,21-,22-/m1/s1. The van der Waals surface area contributed by atoms with Gasteiger partial charge >= 0.3 is 6.18 Å². The molecule has 4 aromatic heterocycles. The molecular formula is C25H19BrF5N7O4S. The van der Waals surface area contributed by atoms with Crippen molar-refractivity contribution >= 4 is 37.5 Å². The van der Waals surface area contributed by atoms with E-state index in [0.717, 1.165) is 33.0 Å². The minimum atomic E-state index is -4.88. The van der Waals surface area contributed by atoms with Gasteiger partial charge in [-0.1, -0.05) is 0 Å². The third kappa shape index (κ3) is 5.10. The maximum Gasteiger partial charge on any atom is 0.435 e. The van der Waals surface area contributed by atoms with Crippen LogP contribution in [0.5, 0.6) is 0 Å². The fraction of sp³-hybridized carbons (Fsp3) is 0.320. The number of nitrogens with zero attached hydrogens (tertiary/aromatic N) is 7. The lowest BCUT2D eigenvalue weighted by Crippen LogP contribution is -2.53. The van der Waals surface area contributed by atoms with Crippen molar-refractivity contribution < 1.29 is 42.0 Å².